The normalized spacial score (nSPS) is 13.0. The van der Waals surface area contributed by atoms with Crippen molar-refractivity contribution in [3.05, 3.63) is 95.1 Å². The van der Waals surface area contributed by atoms with E-state index in [4.69, 9.17) is 0 Å². The minimum absolute atomic E-state index is 0.197. The molecule has 1 aliphatic heterocycles. The number of anilines is 1. The van der Waals surface area contributed by atoms with E-state index in [0.717, 1.165) is 15.8 Å². The third-order valence-electron chi connectivity index (χ3n) is 5.28. The number of benzene rings is 3. The molecule has 31 heavy (non-hydrogen) atoms. The van der Waals surface area contributed by atoms with Crippen molar-refractivity contribution in [2.75, 3.05) is 11.9 Å². The second-order valence-electron chi connectivity index (χ2n) is 7.27. The molecule has 0 saturated carbocycles. The summed E-state index contributed by atoms with van der Waals surface area (Å²) in [6.07, 6.45) is 0. The number of nitrogens with zero attached hydrogens (tertiary/aromatic N) is 3. The Morgan fingerprint density at radius 2 is 1.65 bits per heavy atom. The molecule has 1 aliphatic rings. The Labute approximate surface area is 182 Å². The molecule has 3 amide bonds. The lowest BCUT2D eigenvalue weighted by Crippen LogP contribution is -2.29. The minimum Gasteiger partial charge on any atom is -0.287 e. The highest BCUT2D eigenvalue weighted by atomic mass is 32.1. The molecule has 0 unspecified atom stereocenters. The molecule has 0 fully saturated rings. The molecule has 0 bridgehead atoms. The average molecular weight is 427 g/mol. The zero-order valence-corrected chi connectivity index (χ0v) is 17.4. The molecule has 0 spiro atoms. The molecule has 7 heteroatoms. The number of hydrogen-bond donors (Lipinski definition) is 0. The van der Waals surface area contributed by atoms with Gasteiger partial charge < -0.3 is 0 Å². The van der Waals surface area contributed by atoms with Crippen LogP contribution in [0.25, 0.3) is 10.2 Å². The first-order chi connectivity index (χ1) is 15.0. The first-order valence-electron chi connectivity index (χ1n) is 9.71. The molecular formula is C24H17N3O3S. The van der Waals surface area contributed by atoms with E-state index in [1.807, 2.05) is 54.6 Å². The lowest BCUT2D eigenvalue weighted by molar-refractivity contribution is 0.0642. The van der Waals surface area contributed by atoms with Crippen LogP contribution in [0.3, 0.4) is 0 Å². The second-order valence-corrected chi connectivity index (χ2v) is 8.28. The average Bonchev–Trinajstić information content (AvgIpc) is 3.34. The maximum atomic E-state index is 13.1. The van der Waals surface area contributed by atoms with Gasteiger partial charge in [0.1, 0.15) is 0 Å². The number of aromatic nitrogens is 1. The third kappa shape index (κ3) is 3.29. The molecule has 5 rings (SSSR count). The Morgan fingerprint density at radius 3 is 2.42 bits per heavy atom. The first-order valence-corrected chi connectivity index (χ1v) is 10.5. The van der Waals surface area contributed by atoms with Crippen molar-refractivity contribution in [1.29, 1.82) is 0 Å². The van der Waals surface area contributed by atoms with Crippen LogP contribution in [0.5, 0.6) is 0 Å². The number of para-hydroxylation sites is 1. The Kier molecular flexibility index (Phi) is 4.60. The van der Waals surface area contributed by atoms with Crippen molar-refractivity contribution < 1.29 is 14.4 Å². The number of carbonyl (C=O) groups is 3. The summed E-state index contributed by atoms with van der Waals surface area (Å²) in [5.74, 6) is -1.02. The van der Waals surface area contributed by atoms with Crippen LogP contribution in [0.1, 0.15) is 36.6 Å². The summed E-state index contributed by atoms with van der Waals surface area (Å²) < 4.78 is 0.989. The fourth-order valence-electron chi connectivity index (χ4n) is 3.62. The van der Waals surface area contributed by atoms with Crippen molar-refractivity contribution in [2.24, 2.45) is 0 Å². The summed E-state index contributed by atoms with van der Waals surface area (Å²) in [5, 5.41) is 0.569. The van der Waals surface area contributed by atoms with E-state index < -0.39 is 0 Å². The predicted molar refractivity (Wildman–Crippen MR) is 119 cm³/mol. The third-order valence-corrected chi connectivity index (χ3v) is 6.39. The molecule has 3 aromatic carbocycles. The Balaban J connectivity index is 1.42. The lowest BCUT2D eigenvalue weighted by Gasteiger charge is -2.14. The quantitative estimate of drug-likeness (QED) is 0.454. The summed E-state index contributed by atoms with van der Waals surface area (Å²) in [5.41, 5.74) is 2.60. The monoisotopic (exact) mass is 427 g/mol. The largest absolute Gasteiger partial charge is 0.287 e. The number of hydrogen-bond acceptors (Lipinski definition) is 5. The van der Waals surface area contributed by atoms with Crippen LogP contribution in [0.4, 0.5) is 5.13 Å². The predicted octanol–water partition coefficient (Wildman–Crippen LogP) is 4.37. The van der Waals surface area contributed by atoms with Crippen LogP contribution in [0.2, 0.25) is 0 Å². The van der Waals surface area contributed by atoms with E-state index in [1.165, 1.54) is 27.2 Å². The Hall–Kier alpha value is -3.84. The van der Waals surface area contributed by atoms with E-state index in [2.05, 4.69) is 4.98 Å². The number of fused-ring (bicyclic) bond motifs is 2. The van der Waals surface area contributed by atoms with E-state index in [0.29, 0.717) is 16.3 Å². The van der Waals surface area contributed by atoms with Gasteiger partial charge in [-0.15, -0.1) is 0 Å². The molecular weight excluding hydrogens is 410 g/mol. The summed E-state index contributed by atoms with van der Waals surface area (Å²) in [7, 11) is 1.65. The highest BCUT2D eigenvalue weighted by Crippen LogP contribution is 2.30. The van der Waals surface area contributed by atoms with E-state index in [9.17, 15) is 14.4 Å². The molecule has 0 radical (unpaired) electrons. The Morgan fingerprint density at radius 1 is 0.935 bits per heavy atom. The molecule has 2 heterocycles. The second kappa shape index (κ2) is 7.45. The number of carbonyl (C=O) groups excluding carboxylic acids is 3. The standard InChI is InChI=1S/C24H17N3O3S/c1-26(24-25-19-9-5-6-10-20(19)31-24)21(28)16-11-12-17-18(13-16)23(30)27(22(17)29)14-15-7-3-2-4-8-15/h2-13H,14H2,1H3. The van der Waals surface area contributed by atoms with Crippen molar-refractivity contribution in [3.8, 4) is 0 Å². The van der Waals surface area contributed by atoms with Crippen LogP contribution in [-0.4, -0.2) is 34.7 Å². The maximum absolute atomic E-state index is 13.1. The highest BCUT2D eigenvalue weighted by Gasteiger charge is 2.36. The van der Waals surface area contributed by atoms with Crippen molar-refractivity contribution >= 4 is 44.4 Å². The number of rotatable bonds is 4. The van der Waals surface area contributed by atoms with Crippen molar-refractivity contribution in [1.82, 2.24) is 9.88 Å². The van der Waals surface area contributed by atoms with Crippen LogP contribution < -0.4 is 4.90 Å². The molecule has 0 N–H and O–H groups in total. The van der Waals surface area contributed by atoms with Gasteiger partial charge in [0.15, 0.2) is 5.13 Å². The summed E-state index contributed by atoms with van der Waals surface area (Å²) >= 11 is 1.42. The van der Waals surface area contributed by atoms with Crippen LogP contribution >= 0.6 is 11.3 Å². The van der Waals surface area contributed by atoms with Gasteiger partial charge in [0, 0.05) is 12.6 Å². The molecule has 0 atom stereocenters. The van der Waals surface area contributed by atoms with Gasteiger partial charge in [-0.3, -0.25) is 24.2 Å². The van der Waals surface area contributed by atoms with Gasteiger partial charge in [0.05, 0.1) is 27.9 Å². The first kappa shape index (κ1) is 19.1. The fraction of sp³-hybridized carbons (Fsp3) is 0.0833. The Bertz CT molecular complexity index is 1310. The summed E-state index contributed by atoms with van der Waals surface area (Å²) in [6, 6.07) is 21.7. The summed E-state index contributed by atoms with van der Waals surface area (Å²) in [4.78, 5) is 45.9. The van der Waals surface area contributed by atoms with Gasteiger partial charge in [-0.25, -0.2) is 4.98 Å². The minimum atomic E-state index is -0.388. The topological polar surface area (TPSA) is 70.6 Å². The molecule has 152 valence electrons. The molecule has 1 aromatic heterocycles. The maximum Gasteiger partial charge on any atom is 0.261 e. The van der Waals surface area contributed by atoms with Crippen LogP contribution in [0, 0.1) is 0 Å². The van der Waals surface area contributed by atoms with Gasteiger partial charge in [0.25, 0.3) is 17.7 Å². The zero-order chi connectivity index (χ0) is 21.5. The fourth-order valence-corrected chi connectivity index (χ4v) is 4.54. The smallest absolute Gasteiger partial charge is 0.261 e. The van der Waals surface area contributed by atoms with Gasteiger partial charge in [0.2, 0.25) is 0 Å². The zero-order valence-electron chi connectivity index (χ0n) is 16.6. The van der Waals surface area contributed by atoms with E-state index in [-0.39, 0.29) is 29.8 Å². The van der Waals surface area contributed by atoms with Crippen molar-refractivity contribution in [2.45, 2.75) is 6.54 Å². The number of amides is 3. The number of imide groups is 1. The lowest BCUT2D eigenvalue weighted by atomic mass is 10.1. The van der Waals surface area contributed by atoms with E-state index >= 15 is 0 Å². The van der Waals surface area contributed by atoms with Crippen molar-refractivity contribution in [3.63, 3.8) is 0 Å². The highest BCUT2D eigenvalue weighted by molar-refractivity contribution is 7.22. The number of thiazole rings is 1. The molecule has 0 aliphatic carbocycles. The molecule has 6 nitrogen and oxygen atoms in total. The van der Waals surface area contributed by atoms with Gasteiger partial charge in [-0.1, -0.05) is 53.8 Å². The SMILES string of the molecule is CN(C(=O)c1ccc2c(c1)C(=O)N(Cc1ccccc1)C2=O)c1nc2ccccc2s1. The van der Waals surface area contributed by atoms with Crippen LogP contribution in [-0.2, 0) is 6.54 Å². The van der Waals surface area contributed by atoms with Crippen LogP contribution in [0.15, 0.2) is 72.8 Å². The van der Waals surface area contributed by atoms with Gasteiger partial charge in [-0.05, 0) is 35.9 Å². The van der Waals surface area contributed by atoms with Gasteiger partial charge >= 0.3 is 0 Å². The summed E-state index contributed by atoms with van der Waals surface area (Å²) in [6.45, 7) is 0.197. The van der Waals surface area contributed by atoms with E-state index in [1.54, 1.807) is 19.2 Å². The molecule has 4 aromatic rings. The molecule has 0 saturated heterocycles. The van der Waals surface area contributed by atoms with Gasteiger partial charge in [-0.2, -0.15) is 0 Å².